The number of aromatic nitrogens is 4. The van der Waals surface area contributed by atoms with Crippen LogP contribution in [0.15, 0.2) is 11.0 Å². The van der Waals surface area contributed by atoms with Crippen LogP contribution in [0.5, 0.6) is 0 Å². The molecule has 0 aliphatic carbocycles. The van der Waals surface area contributed by atoms with Crippen LogP contribution < -0.4 is 5.56 Å². The van der Waals surface area contributed by atoms with Gasteiger partial charge in [0.2, 0.25) is 0 Å². The predicted octanol–water partition coefficient (Wildman–Crippen LogP) is 2.23. The average Bonchev–Trinajstić information content (AvgIpc) is 3.15. The Labute approximate surface area is 141 Å². The summed E-state index contributed by atoms with van der Waals surface area (Å²) >= 11 is 0. The first-order chi connectivity index (χ1) is 11.3. The lowest BCUT2D eigenvalue weighted by Crippen LogP contribution is -2.32. The van der Waals surface area contributed by atoms with Gasteiger partial charge < -0.3 is 9.47 Å². The van der Waals surface area contributed by atoms with Crippen LogP contribution >= 0.6 is 0 Å². The van der Waals surface area contributed by atoms with Gasteiger partial charge in [-0.2, -0.15) is 10.2 Å². The third-order valence-electron chi connectivity index (χ3n) is 4.16. The van der Waals surface area contributed by atoms with Crippen molar-refractivity contribution in [1.82, 2.24) is 19.6 Å². The molecule has 24 heavy (non-hydrogen) atoms. The Hall–Kier alpha value is -1.73. The van der Waals surface area contributed by atoms with Gasteiger partial charge in [0.1, 0.15) is 5.52 Å². The highest BCUT2D eigenvalue weighted by Crippen LogP contribution is 2.24. The molecular formula is C17H26N4O3. The van der Waals surface area contributed by atoms with Gasteiger partial charge in [-0.15, -0.1) is 0 Å². The number of aryl methyl sites for hydroxylation is 1. The normalized spacial score (nSPS) is 16.6. The number of ether oxygens (including phenoxy) is 2. The number of nitrogens with zero attached hydrogens (tertiary/aromatic N) is 4. The molecule has 1 saturated heterocycles. The molecule has 0 N–H and O–H groups in total. The lowest BCUT2D eigenvalue weighted by Gasteiger charge is -2.21. The van der Waals surface area contributed by atoms with Crippen LogP contribution in [0.25, 0.3) is 10.9 Å². The van der Waals surface area contributed by atoms with Crippen molar-refractivity contribution in [2.24, 2.45) is 0 Å². The Bertz CT molecular complexity index is 779. The van der Waals surface area contributed by atoms with E-state index in [1.54, 1.807) is 10.9 Å². The van der Waals surface area contributed by atoms with Crippen LogP contribution in [0.1, 0.15) is 52.7 Å². The molecule has 0 atom stereocenters. The van der Waals surface area contributed by atoms with E-state index in [4.69, 9.17) is 9.47 Å². The molecule has 1 fully saturated rings. The first kappa shape index (κ1) is 17.1. The second-order valence-corrected chi connectivity index (χ2v) is 7.52. The van der Waals surface area contributed by atoms with E-state index in [0.717, 1.165) is 11.1 Å². The van der Waals surface area contributed by atoms with Crippen LogP contribution in [-0.4, -0.2) is 39.1 Å². The molecule has 0 bridgehead atoms. The highest BCUT2D eigenvalue weighted by Gasteiger charge is 2.24. The predicted molar refractivity (Wildman–Crippen MR) is 91.2 cm³/mol. The molecular weight excluding hydrogens is 308 g/mol. The van der Waals surface area contributed by atoms with Gasteiger partial charge in [-0.1, -0.05) is 13.8 Å². The maximum Gasteiger partial charge on any atom is 0.292 e. The van der Waals surface area contributed by atoms with Crippen LogP contribution in [0.2, 0.25) is 0 Å². The van der Waals surface area contributed by atoms with E-state index in [9.17, 15) is 4.79 Å². The van der Waals surface area contributed by atoms with Crippen molar-refractivity contribution < 1.29 is 9.47 Å². The fourth-order valence-electron chi connectivity index (χ4n) is 2.98. The summed E-state index contributed by atoms with van der Waals surface area (Å²) in [7, 11) is 0. The van der Waals surface area contributed by atoms with Crippen molar-refractivity contribution >= 4 is 10.9 Å². The molecule has 0 aromatic carbocycles. The lowest BCUT2D eigenvalue weighted by atomic mass is 10.1. The number of hydrogen-bond donors (Lipinski definition) is 0. The molecule has 3 rings (SSSR count). The molecule has 2 aromatic rings. The van der Waals surface area contributed by atoms with Crippen LogP contribution in [-0.2, 0) is 21.6 Å². The zero-order valence-electron chi connectivity index (χ0n) is 15.1. The maximum absolute atomic E-state index is 13.0. The Morgan fingerprint density at radius 2 is 1.96 bits per heavy atom. The third-order valence-corrected chi connectivity index (χ3v) is 4.16. The van der Waals surface area contributed by atoms with E-state index in [1.807, 2.05) is 20.8 Å². The van der Waals surface area contributed by atoms with Gasteiger partial charge in [0.05, 0.1) is 30.6 Å². The van der Waals surface area contributed by atoms with Gasteiger partial charge in [0.15, 0.2) is 6.29 Å². The summed E-state index contributed by atoms with van der Waals surface area (Å²) in [5.41, 5.74) is 1.13. The molecule has 0 amide bonds. The first-order valence-electron chi connectivity index (χ1n) is 8.51. The molecule has 0 radical (unpaired) electrons. The van der Waals surface area contributed by atoms with E-state index in [1.165, 1.54) is 4.68 Å². The molecule has 2 aromatic heterocycles. The second kappa shape index (κ2) is 6.29. The highest BCUT2D eigenvalue weighted by molar-refractivity contribution is 5.80. The van der Waals surface area contributed by atoms with E-state index in [0.29, 0.717) is 31.7 Å². The van der Waals surface area contributed by atoms with Crippen molar-refractivity contribution in [3.05, 3.63) is 22.2 Å². The van der Waals surface area contributed by atoms with Gasteiger partial charge in [0, 0.05) is 18.4 Å². The summed E-state index contributed by atoms with van der Waals surface area (Å²) in [6.07, 6.45) is 2.13. The quantitative estimate of drug-likeness (QED) is 0.857. The fraction of sp³-hybridized carbons (Fsp3) is 0.706. The standard InChI is InChI=1S/C17H26N4O3/c1-11(2)14-12-10-18-21(17(3,4)5)15(12)16(22)20(19-14)7-6-13-23-8-9-24-13/h10-11,13H,6-9H2,1-5H3. The molecule has 0 unspecified atom stereocenters. The zero-order valence-corrected chi connectivity index (χ0v) is 15.1. The molecule has 3 heterocycles. The summed E-state index contributed by atoms with van der Waals surface area (Å²) in [6, 6.07) is 0. The molecule has 1 aliphatic heterocycles. The third kappa shape index (κ3) is 3.10. The molecule has 7 nitrogen and oxygen atoms in total. The van der Waals surface area contributed by atoms with Crippen molar-refractivity contribution in [1.29, 1.82) is 0 Å². The van der Waals surface area contributed by atoms with Crippen molar-refractivity contribution in [3.63, 3.8) is 0 Å². The number of fused-ring (bicyclic) bond motifs is 1. The average molecular weight is 334 g/mol. The van der Waals surface area contributed by atoms with Gasteiger partial charge >= 0.3 is 0 Å². The molecule has 7 heteroatoms. The summed E-state index contributed by atoms with van der Waals surface area (Å²) in [4.78, 5) is 13.0. The van der Waals surface area contributed by atoms with Crippen LogP contribution in [0.3, 0.4) is 0 Å². The maximum atomic E-state index is 13.0. The zero-order chi connectivity index (χ0) is 17.5. The molecule has 132 valence electrons. The number of rotatable bonds is 4. The summed E-state index contributed by atoms with van der Waals surface area (Å²) in [5, 5.41) is 9.90. The lowest BCUT2D eigenvalue weighted by molar-refractivity contribution is -0.0497. The minimum atomic E-state index is -0.272. The number of hydrogen-bond acceptors (Lipinski definition) is 5. The van der Waals surface area contributed by atoms with Crippen molar-refractivity contribution in [2.75, 3.05) is 13.2 Å². The van der Waals surface area contributed by atoms with Crippen molar-refractivity contribution in [2.45, 2.75) is 65.3 Å². The fourth-order valence-corrected chi connectivity index (χ4v) is 2.98. The minimum absolute atomic E-state index is 0.111. The summed E-state index contributed by atoms with van der Waals surface area (Å²) < 4.78 is 14.3. The van der Waals surface area contributed by atoms with Gasteiger partial charge in [-0.05, 0) is 26.7 Å². The Balaban J connectivity index is 2.08. The van der Waals surface area contributed by atoms with E-state index >= 15 is 0 Å². The van der Waals surface area contributed by atoms with Gasteiger partial charge in [-0.3, -0.25) is 9.48 Å². The SMILES string of the molecule is CC(C)c1nn(CCC2OCCO2)c(=O)c2c1cnn2C(C)(C)C. The van der Waals surface area contributed by atoms with E-state index < -0.39 is 0 Å². The summed E-state index contributed by atoms with van der Waals surface area (Å²) in [6.45, 7) is 12.0. The van der Waals surface area contributed by atoms with Crippen LogP contribution in [0.4, 0.5) is 0 Å². The second-order valence-electron chi connectivity index (χ2n) is 7.52. The van der Waals surface area contributed by atoms with E-state index in [-0.39, 0.29) is 23.3 Å². The Morgan fingerprint density at radius 1 is 1.29 bits per heavy atom. The highest BCUT2D eigenvalue weighted by atomic mass is 16.7. The Kier molecular flexibility index (Phi) is 4.48. The minimum Gasteiger partial charge on any atom is -0.350 e. The first-order valence-corrected chi connectivity index (χ1v) is 8.51. The van der Waals surface area contributed by atoms with E-state index in [2.05, 4.69) is 24.0 Å². The van der Waals surface area contributed by atoms with Gasteiger partial charge in [0.25, 0.3) is 5.56 Å². The largest absolute Gasteiger partial charge is 0.350 e. The monoisotopic (exact) mass is 334 g/mol. The van der Waals surface area contributed by atoms with Crippen LogP contribution in [0, 0.1) is 0 Å². The molecule has 1 aliphatic rings. The summed E-state index contributed by atoms with van der Waals surface area (Å²) in [5.74, 6) is 0.205. The smallest absolute Gasteiger partial charge is 0.292 e. The Morgan fingerprint density at radius 3 is 2.54 bits per heavy atom. The molecule has 0 saturated carbocycles. The van der Waals surface area contributed by atoms with Crippen molar-refractivity contribution in [3.8, 4) is 0 Å². The van der Waals surface area contributed by atoms with Gasteiger partial charge in [-0.25, -0.2) is 4.68 Å². The topological polar surface area (TPSA) is 71.2 Å². The molecule has 0 spiro atoms.